The summed E-state index contributed by atoms with van der Waals surface area (Å²) in [6, 6.07) is 5.01. The first-order chi connectivity index (χ1) is 13.4. The molecular weight excluding hydrogens is 364 g/mol. The predicted molar refractivity (Wildman–Crippen MR) is 101 cm³/mol. The molecule has 0 saturated heterocycles. The Morgan fingerprint density at radius 2 is 2.04 bits per heavy atom. The average molecular weight is 384 g/mol. The Morgan fingerprint density at radius 3 is 2.68 bits per heavy atom. The molecule has 0 aliphatic carbocycles. The summed E-state index contributed by atoms with van der Waals surface area (Å²) in [5.41, 5.74) is 0.847. The van der Waals surface area contributed by atoms with Crippen LogP contribution in [0.4, 0.5) is 0 Å². The van der Waals surface area contributed by atoms with Crippen LogP contribution in [0.5, 0.6) is 5.75 Å². The molecule has 146 valence electrons. The highest BCUT2D eigenvalue weighted by atomic mass is 16.5. The largest absolute Gasteiger partial charge is 0.496 e. The van der Waals surface area contributed by atoms with Gasteiger partial charge in [-0.25, -0.2) is 9.78 Å². The van der Waals surface area contributed by atoms with Gasteiger partial charge in [0.05, 0.1) is 20.3 Å². The molecule has 8 heteroatoms. The van der Waals surface area contributed by atoms with Crippen LogP contribution >= 0.6 is 0 Å². The third-order valence-corrected chi connectivity index (χ3v) is 4.36. The van der Waals surface area contributed by atoms with Crippen LogP contribution in [0.15, 0.2) is 33.7 Å². The van der Waals surface area contributed by atoms with Crippen LogP contribution < -0.4 is 10.3 Å². The number of carbonyl (C=O) groups is 2. The highest BCUT2D eigenvalue weighted by Gasteiger charge is 2.24. The van der Waals surface area contributed by atoms with Gasteiger partial charge in [0.2, 0.25) is 5.71 Å². The summed E-state index contributed by atoms with van der Waals surface area (Å²) in [5, 5.41) is 0.0696. The zero-order valence-electron chi connectivity index (χ0n) is 16.1. The molecule has 2 heterocycles. The normalized spacial score (nSPS) is 10.9. The quantitative estimate of drug-likeness (QED) is 0.476. The van der Waals surface area contributed by atoms with Crippen molar-refractivity contribution in [1.82, 2.24) is 9.55 Å². The van der Waals surface area contributed by atoms with Crippen LogP contribution in [0.3, 0.4) is 0 Å². The number of esters is 1. The molecule has 1 aromatic carbocycles. The van der Waals surface area contributed by atoms with Gasteiger partial charge in [0.15, 0.2) is 5.78 Å². The molecule has 0 aliphatic heterocycles. The van der Waals surface area contributed by atoms with Crippen molar-refractivity contribution in [3.63, 3.8) is 0 Å². The Kier molecular flexibility index (Phi) is 5.30. The van der Waals surface area contributed by atoms with E-state index in [0.29, 0.717) is 16.9 Å². The van der Waals surface area contributed by atoms with Crippen LogP contribution in [0.2, 0.25) is 0 Å². The van der Waals surface area contributed by atoms with Gasteiger partial charge >= 0.3 is 5.97 Å². The second kappa shape index (κ2) is 7.67. The minimum Gasteiger partial charge on any atom is -0.496 e. The second-order valence-electron chi connectivity index (χ2n) is 6.19. The van der Waals surface area contributed by atoms with Crippen molar-refractivity contribution >= 4 is 22.9 Å². The minimum atomic E-state index is -0.633. The number of ketones is 1. The Balaban J connectivity index is 2.13. The highest BCUT2D eigenvalue weighted by molar-refractivity contribution is 6.03. The molecule has 0 bridgehead atoms. The summed E-state index contributed by atoms with van der Waals surface area (Å²) in [5.74, 6) is 0.0735. The van der Waals surface area contributed by atoms with Crippen molar-refractivity contribution in [3.8, 4) is 5.75 Å². The molecule has 0 spiro atoms. The summed E-state index contributed by atoms with van der Waals surface area (Å²) in [6.07, 6.45) is 1.34. The number of nitrogens with zero attached hydrogens (tertiary/aromatic N) is 2. The maximum atomic E-state index is 13.0. The van der Waals surface area contributed by atoms with Crippen LogP contribution in [0, 0.1) is 6.92 Å². The van der Waals surface area contributed by atoms with E-state index in [1.165, 1.54) is 24.9 Å². The SMILES string of the molecule is CCOC(=O)c1c(C)oc2ncn(Cc3cc(C(C)=O)ccc3OC)c(=O)c12. The summed E-state index contributed by atoms with van der Waals surface area (Å²) < 4.78 is 17.2. The van der Waals surface area contributed by atoms with Crippen LogP contribution in [-0.2, 0) is 11.3 Å². The molecular formula is C20H20N2O6. The fraction of sp³-hybridized carbons (Fsp3) is 0.300. The Morgan fingerprint density at radius 1 is 1.29 bits per heavy atom. The molecule has 2 aromatic heterocycles. The first-order valence-electron chi connectivity index (χ1n) is 8.70. The van der Waals surface area contributed by atoms with Gasteiger partial charge < -0.3 is 13.9 Å². The van der Waals surface area contributed by atoms with Crippen LogP contribution in [-0.4, -0.2) is 35.0 Å². The van der Waals surface area contributed by atoms with Crippen molar-refractivity contribution in [1.29, 1.82) is 0 Å². The highest BCUT2D eigenvalue weighted by Crippen LogP contribution is 2.24. The molecule has 0 saturated carbocycles. The molecule has 0 aliphatic rings. The summed E-state index contributed by atoms with van der Waals surface area (Å²) >= 11 is 0. The van der Waals surface area contributed by atoms with Crippen LogP contribution in [0.25, 0.3) is 11.1 Å². The number of hydrogen-bond acceptors (Lipinski definition) is 7. The Hall–Kier alpha value is -3.42. The number of furan rings is 1. The molecule has 0 fully saturated rings. The zero-order chi connectivity index (χ0) is 20.4. The number of ether oxygens (including phenoxy) is 2. The maximum absolute atomic E-state index is 13.0. The molecule has 0 unspecified atom stereocenters. The van der Waals surface area contributed by atoms with Gasteiger partial charge in [-0.2, -0.15) is 0 Å². The number of Topliss-reactive ketones (excluding diaryl/α,β-unsaturated/α-hetero) is 1. The molecule has 28 heavy (non-hydrogen) atoms. The number of carbonyl (C=O) groups excluding carboxylic acids is 2. The molecule has 3 aromatic rings. The minimum absolute atomic E-state index is 0.0696. The van der Waals surface area contributed by atoms with E-state index < -0.39 is 11.5 Å². The Bertz CT molecular complexity index is 1130. The van der Waals surface area contributed by atoms with Gasteiger partial charge in [-0.05, 0) is 39.0 Å². The van der Waals surface area contributed by atoms with Crippen molar-refractivity contribution in [2.24, 2.45) is 0 Å². The van der Waals surface area contributed by atoms with Gasteiger partial charge in [0.25, 0.3) is 5.56 Å². The van der Waals surface area contributed by atoms with Gasteiger partial charge in [-0.3, -0.25) is 14.2 Å². The van der Waals surface area contributed by atoms with Gasteiger partial charge in [-0.15, -0.1) is 0 Å². The topological polar surface area (TPSA) is 101 Å². The van der Waals surface area contributed by atoms with E-state index in [9.17, 15) is 14.4 Å². The van der Waals surface area contributed by atoms with Gasteiger partial charge in [0, 0.05) is 11.1 Å². The van der Waals surface area contributed by atoms with E-state index in [2.05, 4.69) is 4.98 Å². The fourth-order valence-corrected chi connectivity index (χ4v) is 3.00. The van der Waals surface area contributed by atoms with Gasteiger partial charge in [0.1, 0.15) is 28.8 Å². The van der Waals surface area contributed by atoms with Gasteiger partial charge in [-0.1, -0.05) is 0 Å². The van der Waals surface area contributed by atoms with Crippen LogP contribution in [0.1, 0.15) is 45.9 Å². The number of aryl methyl sites for hydroxylation is 1. The predicted octanol–water partition coefficient (Wildman–Crippen LogP) is 2.73. The first-order valence-corrected chi connectivity index (χ1v) is 8.70. The zero-order valence-corrected chi connectivity index (χ0v) is 16.1. The standard InChI is InChI=1S/C20H20N2O6/c1-5-27-20(25)16-12(3)28-18-17(16)19(24)22(10-21-18)9-14-8-13(11(2)23)6-7-15(14)26-4/h6-8,10H,5,9H2,1-4H3. The number of benzene rings is 1. The number of fused-ring (bicyclic) bond motifs is 1. The van der Waals surface area contributed by atoms with Crippen molar-refractivity contribution in [2.45, 2.75) is 27.3 Å². The second-order valence-corrected chi connectivity index (χ2v) is 6.19. The third-order valence-electron chi connectivity index (χ3n) is 4.36. The van der Waals surface area contributed by atoms with E-state index >= 15 is 0 Å². The molecule has 0 N–H and O–H groups in total. The lowest BCUT2D eigenvalue weighted by atomic mass is 10.1. The monoisotopic (exact) mass is 384 g/mol. The summed E-state index contributed by atoms with van der Waals surface area (Å²) in [4.78, 5) is 41.2. The summed E-state index contributed by atoms with van der Waals surface area (Å²) in [7, 11) is 1.51. The van der Waals surface area contributed by atoms with Crippen molar-refractivity contribution in [3.05, 3.63) is 57.3 Å². The lowest BCUT2D eigenvalue weighted by molar-refractivity contribution is 0.0526. The number of rotatable bonds is 6. The molecule has 0 atom stereocenters. The van der Waals surface area contributed by atoms with Crippen molar-refractivity contribution in [2.75, 3.05) is 13.7 Å². The fourth-order valence-electron chi connectivity index (χ4n) is 3.00. The molecule has 0 amide bonds. The van der Waals surface area contributed by atoms with E-state index in [1.54, 1.807) is 32.0 Å². The maximum Gasteiger partial charge on any atom is 0.342 e. The number of methoxy groups -OCH3 is 1. The molecule has 0 radical (unpaired) electrons. The average Bonchev–Trinajstić information content (AvgIpc) is 3.01. The number of aromatic nitrogens is 2. The first kappa shape index (κ1) is 19.3. The molecule has 8 nitrogen and oxygen atoms in total. The van der Waals surface area contributed by atoms with E-state index in [4.69, 9.17) is 13.9 Å². The lowest BCUT2D eigenvalue weighted by Gasteiger charge is -2.11. The van der Waals surface area contributed by atoms with E-state index in [0.717, 1.165) is 0 Å². The van der Waals surface area contributed by atoms with E-state index in [1.807, 2.05) is 0 Å². The number of hydrogen-bond donors (Lipinski definition) is 0. The third kappa shape index (κ3) is 3.40. The smallest absolute Gasteiger partial charge is 0.342 e. The summed E-state index contributed by atoms with van der Waals surface area (Å²) in [6.45, 7) is 5.01. The Labute approximate surface area is 160 Å². The lowest BCUT2D eigenvalue weighted by Crippen LogP contribution is -2.23. The van der Waals surface area contributed by atoms with E-state index in [-0.39, 0.29) is 41.4 Å². The van der Waals surface area contributed by atoms with Crippen molar-refractivity contribution < 1.29 is 23.5 Å². The molecule has 3 rings (SSSR count).